The van der Waals surface area contributed by atoms with Crippen LogP contribution in [0.25, 0.3) is 11.3 Å². The first-order valence-corrected chi connectivity index (χ1v) is 7.90. The van der Waals surface area contributed by atoms with Crippen molar-refractivity contribution in [3.63, 3.8) is 0 Å². The molecule has 0 aliphatic carbocycles. The normalized spacial score (nSPS) is 10.5. The topological polar surface area (TPSA) is 56.2 Å². The Balaban J connectivity index is 1.93. The zero-order valence-corrected chi connectivity index (χ0v) is 14.0. The molecule has 5 nitrogen and oxygen atoms in total. The molecule has 0 aliphatic heterocycles. The monoisotopic (exact) mass is 339 g/mol. The van der Waals surface area contributed by atoms with Gasteiger partial charge in [0, 0.05) is 17.8 Å². The number of para-hydroxylation sites is 1. The first-order valence-electron chi connectivity index (χ1n) is 7.90. The molecule has 6 heteroatoms. The van der Waals surface area contributed by atoms with Gasteiger partial charge in [0.2, 0.25) is 0 Å². The Morgan fingerprint density at radius 2 is 2.00 bits per heavy atom. The zero-order valence-electron chi connectivity index (χ0n) is 14.0. The van der Waals surface area contributed by atoms with Crippen molar-refractivity contribution in [3.8, 4) is 17.0 Å². The minimum absolute atomic E-state index is 0.256. The largest absolute Gasteiger partial charge is 0.496 e. The van der Waals surface area contributed by atoms with Crippen LogP contribution in [0.5, 0.6) is 5.75 Å². The fraction of sp³-hybridized carbons (Fsp3) is 0.158. The Morgan fingerprint density at radius 3 is 2.72 bits per heavy atom. The summed E-state index contributed by atoms with van der Waals surface area (Å²) < 4.78 is 20.4. The predicted molar refractivity (Wildman–Crippen MR) is 94.2 cm³/mol. The molecular weight excluding hydrogens is 321 g/mol. The SMILES string of the molecule is CCn1nc(C(=O)Nc2cccc(F)c2)cc1-c1ccccc1OC. The molecule has 3 aromatic rings. The first kappa shape index (κ1) is 16.7. The van der Waals surface area contributed by atoms with E-state index in [-0.39, 0.29) is 5.69 Å². The summed E-state index contributed by atoms with van der Waals surface area (Å²) in [6.45, 7) is 2.54. The van der Waals surface area contributed by atoms with E-state index in [4.69, 9.17) is 4.74 Å². The van der Waals surface area contributed by atoms with E-state index in [0.717, 1.165) is 11.3 Å². The van der Waals surface area contributed by atoms with Crippen LogP contribution in [0, 0.1) is 5.82 Å². The molecule has 0 spiro atoms. The van der Waals surface area contributed by atoms with Crippen LogP contribution in [0.3, 0.4) is 0 Å². The number of carbonyl (C=O) groups is 1. The summed E-state index contributed by atoms with van der Waals surface area (Å²) in [6, 6.07) is 15.0. The van der Waals surface area contributed by atoms with Crippen LogP contribution in [-0.2, 0) is 6.54 Å². The summed E-state index contributed by atoms with van der Waals surface area (Å²) in [7, 11) is 1.60. The molecule has 3 rings (SSSR count). The van der Waals surface area contributed by atoms with Crippen molar-refractivity contribution < 1.29 is 13.9 Å². The number of methoxy groups -OCH3 is 1. The third-order valence-corrected chi connectivity index (χ3v) is 3.78. The van der Waals surface area contributed by atoms with Gasteiger partial charge >= 0.3 is 0 Å². The van der Waals surface area contributed by atoms with Crippen molar-refractivity contribution in [2.24, 2.45) is 0 Å². The summed E-state index contributed by atoms with van der Waals surface area (Å²) in [6.07, 6.45) is 0. The maximum Gasteiger partial charge on any atom is 0.276 e. The number of hydrogen-bond donors (Lipinski definition) is 1. The second-order valence-electron chi connectivity index (χ2n) is 5.40. The van der Waals surface area contributed by atoms with E-state index >= 15 is 0 Å². The van der Waals surface area contributed by atoms with Gasteiger partial charge in [0.05, 0.1) is 12.8 Å². The van der Waals surface area contributed by atoms with Crippen LogP contribution in [0.1, 0.15) is 17.4 Å². The fourth-order valence-corrected chi connectivity index (χ4v) is 2.60. The number of hydrogen-bond acceptors (Lipinski definition) is 3. The van der Waals surface area contributed by atoms with Gasteiger partial charge < -0.3 is 10.1 Å². The van der Waals surface area contributed by atoms with Gasteiger partial charge in [-0.1, -0.05) is 18.2 Å². The maximum atomic E-state index is 13.3. The lowest BCUT2D eigenvalue weighted by Crippen LogP contribution is -2.13. The number of anilines is 1. The number of nitrogens with zero attached hydrogens (tertiary/aromatic N) is 2. The minimum Gasteiger partial charge on any atom is -0.496 e. The lowest BCUT2D eigenvalue weighted by atomic mass is 10.1. The molecule has 0 aliphatic rings. The van der Waals surface area contributed by atoms with E-state index in [2.05, 4.69) is 10.4 Å². The van der Waals surface area contributed by atoms with Crippen LogP contribution < -0.4 is 10.1 Å². The molecule has 0 atom stereocenters. The molecule has 1 aromatic heterocycles. The van der Waals surface area contributed by atoms with Crippen LogP contribution in [-0.4, -0.2) is 22.8 Å². The molecule has 2 aromatic carbocycles. The summed E-state index contributed by atoms with van der Waals surface area (Å²) in [5.74, 6) is -0.102. The van der Waals surface area contributed by atoms with E-state index < -0.39 is 11.7 Å². The molecule has 0 unspecified atom stereocenters. The number of carbonyl (C=O) groups excluding carboxylic acids is 1. The Kier molecular flexibility index (Phi) is 4.79. The predicted octanol–water partition coefficient (Wildman–Crippen LogP) is 3.97. The molecule has 1 N–H and O–H groups in total. The van der Waals surface area contributed by atoms with E-state index in [1.807, 2.05) is 31.2 Å². The van der Waals surface area contributed by atoms with Gasteiger partial charge in [-0.3, -0.25) is 9.48 Å². The molecule has 1 amide bonds. The van der Waals surface area contributed by atoms with Gasteiger partial charge in [-0.2, -0.15) is 5.10 Å². The van der Waals surface area contributed by atoms with Crippen molar-refractivity contribution in [3.05, 3.63) is 66.1 Å². The number of ether oxygens (including phenoxy) is 1. The Morgan fingerprint density at radius 1 is 1.20 bits per heavy atom. The number of aryl methyl sites for hydroxylation is 1. The number of rotatable bonds is 5. The number of halogens is 1. The Bertz CT molecular complexity index is 905. The average Bonchev–Trinajstić information content (AvgIpc) is 3.06. The van der Waals surface area contributed by atoms with Crippen molar-refractivity contribution in [1.29, 1.82) is 0 Å². The quantitative estimate of drug-likeness (QED) is 0.765. The molecule has 0 radical (unpaired) electrons. The van der Waals surface area contributed by atoms with Gasteiger partial charge in [0.15, 0.2) is 5.69 Å². The highest BCUT2D eigenvalue weighted by molar-refractivity contribution is 6.03. The highest BCUT2D eigenvalue weighted by Crippen LogP contribution is 2.30. The maximum absolute atomic E-state index is 13.3. The molecule has 0 saturated heterocycles. The van der Waals surface area contributed by atoms with E-state index in [0.29, 0.717) is 18.0 Å². The van der Waals surface area contributed by atoms with E-state index in [1.54, 1.807) is 23.9 Å². The second-order valence-corrected chi connectivity index (χ2v) is 5.40. The van der Waals surface area contributed by atoms with Crippen LogP contribution in [0.4, 0.5) is 10.1 Å². The standard InChI is InChI=1S/C19H18FN3O2/c1-3-23-17(15-9-4-5-10-18(15)25-2)12-16(22-23)19(24)21-14-8-6-7-13(20)11-14/h4-12H,3H2,1-2H3,(H,21,24). The molecule has 0 fully saturated rings. The second kappa shape index (κ2) is 7.17. The summed E-state index contributed by atoms with van der Waals surface area (Å²) in [5.41, 5.74) is 2.27. The number of amides is 1. The smallest absolute Gasteiger partial charge is 0.276 e. The van der Waals surface area contributed by atoms with Gasteiger partial charge in [0.25, 0.3) is 5.91 Å². The third kappa shape index (κ3) is 3.52. The highest BCUT2D eigenvalue weighted by Gasteiger charge is 2.17. The molecule has 1 heterocycles. The summed E-state index contributed by atoms with van der Waals surface area (Å²) in [4.78, 5) is 12.5. The van der Waals surface area contributed by atoms with Crippen LogP contribution >= 0.6 is 0 Å². The van der Waals surface area contributed by atoms with Crippen molar-refractivity contribution in [2.45, 2.75) is 13.5 Å². The van der Waals surface area contributed by atoms with Crippen molar-refractivity contribution >= 4 is 11.6 Å². The van der Waals surface area contributed by atoms with Gasteiger partial charge in [-0.25, -0.2) is 4.39 Å². The lowest BCUT2D eigenvalue weighted by Gasteiger charge is -2.09. The van der Waals surface area contributed by atoms with E-state index in [9.17, 15) is 9.18 Å². The lowest BCUT2D eigenvalue weighted by molar-refractivity contribution is 0.102. The Hall–Kier alpha value is -3.15. The van der Waals surface area contributed by atoms with E-state index in [1.165, 1.54) is 18.2 Å². The fourth-order valence-electron chi connectivity index (χ4n) is 2.60. The van der Waals surface area contributed by atoms with Crippen LogP contribution in [0.2, 0.25) is 0 Å². The molecular formula is C19H18FN3O2. The molecule has 128 valence electrons. The molecule has 0 saturated carbocycles. The van der Waals surface area contributed by atoms with Crippen molar-refractivity contribution in [2.75, 3.05) is 12.4 Å². The number of nitrogens with one attached hydrogen (secondary N) is 1. The highest BCUT2D eigenvalue weighted by atomic mass is 19.1. The zero-order chi connectivity index (χ0) is 17.8. The van der Waals surface area contributed by atoms with Crippen molar-refractivity contribution in [1.82, 2.24) is 9.78 Å². The minimum atomic E-state index is -0.411. The number of benzene rings is 2. The summed E-state index contributed by atoms with van der Waals surface area (Å²) >= 11 is 0. The molecule has 0 bridgehead atoms. The Labute approximate surface area is 145 Å². The molecule has 25 heavy (non-hydrogen) atoms. The van der Waals surface area contributed by atoms with Gasteiger partial charge in [0.1, 0.15) is 11.6 Å². The first-order chi connectivity index (χ1) is 12.1. The average molecular weight is 339 g/mol. The third-order valence-electron chi connectivity index (χ3n) is 3.78. The van der Waals surface area contributed by atoms with Gasteiger partial charge in [-0.15, -0.1) is 0 Å². The number of aromatic nitrogens is 2. The summed E-state index contributed by atoms with van der Waals surface area (Å²) in [5, 5.41) is 7.01. The van der Waals surface area contributed by atoms with Crippen LogP contribution in [0.15, 0.2) is 54.6 Å². The van der Waals surface area contributed by atoms with Gasteiger partial charge in [-0.05, 0) is 43.3 Å².